The molecule has 0 aliphatic rings. The SMILES string of the molecule is O=C(Cn1nnc(-c2ccccc2)n1)N/N=C/c1c(-c2ccccc2)[nH]c2ccccc12. The predicted octanol–water partition coefficient (Wildman–Crippen LogP) is 3.64. The van der Waals surface area contributed by atoms with Crippen molar-refractivity contribution in [2.75, 3.05) is 0 Å². The molecule has 1 amide bonds. The first-order chi connectivity index (χ1) is 15.8. The molecule has 0 atom stereocenters. The Hall–Kier alpha value is -4.59. The van der Waals surface area contributed by atoms with Crippen molar-refractivity contribution in [3.63, 3.8) is 0 Å². The summed E-state index contributed by atoms with van der Waals surface area (Å²) in [6.45, 7) is -0.0867. The molecule has 3 aromatic carbocycles. The number of hydrogen-bond donors (Lipinski definition) is 2. The summed E-state index contributed by atoms with van der Waals surface area (Å²) in [7, 11) is 0. The van der Waals surface area contributed by atoms with E-state index in [1.807, 2.05) is 84.9 Å². The van der Waals surface area contributed by atoms with Gasteiger partial charge in [-0.15, -0.1) is 10.2 Å². The van der Waals surface area contributed by atoms with Crippen LogP contribution in [-0.2, 0) is 11.3 Å². The maximum Gasteiger partial charge on any atom is 0.263 e. The third kappa shape index (κ3) is 4.01. The normalized spacial score (nSPS) is 11.2. The van der Waals surface area contributed by atoms with E-state index in [9.17, 15) is 4.79 Å². The molecule has 5 rings (SSSR count). The molecule has 0 saturated heterocycles. The van der Waals surface area contributed by atoms with Crippen molar-refractivity contribution in [1.29, 1.82) is 0 Å². The van der Waals surface area contributed by atoms with Gasteiger partial charge in [-0.1, -0.05) is 78.9 Å². The lowest BCUT2D eigenvalue weighted by Crippen LogP contribution is -2.24. The fourth-order valence-electron chi connectivity index (χ4n) is 3.48. The summed E-state index contributed by atoms with van der Waals surface area (Å²) in [5, 5.41) is 17.4. The standard InChI is InChI=1S/C24H19N7O/c32-22(16-31-29-24(28-30-31)18-11-5-2-6-12-18)27-25-15-20-19-13-7-8-14-21(19)26-23(20)17-9-3-1-4-10-17/h1-15,26H,16H2,(H,27,32)/b25-15+. The minimum atomic E-state index is -0.348. The van der Waals surface area contributed by atoms with Gasteiger partial charge >= 0.3 is 0 Å². The van der Waals surface area contributed by atoms with Crippen molar-refractivity contribution in [2.24, 2.45) is 5.10 Å². The molecule has 156 valence electrons. The molecule has 2 aromatic heterocycles. The number of aromatic amines is 1. The summed E-state index contributed by atoms with van der Waals surface area (Å²) in [5.41, 5.74) is 7.27. The number of hydrogen-bond acceptors (Lipinski definition) is 5. The second kappa shape index (κ2) is 8.65. The number of hydrazone groups is 1. The summed E-state index contributed by atoms with van der Waals surface area (Å²) in [5.74, 6) is 0.118. The lowest BCUT2D eigenvalue weighted by atomic mass is 10.1. The van der Waals surface area contributed by atoms with Crippen LogP contribution in [0.4, 0.5) is 0 Å². The molecule has 0 bridgehead atoms. The maximum absolute atomic E-state index is 12.3. The Morgan fingerprint density at radius 3 is 2.41 bits per heavy atom. The molecule has 0 aliphatic carbocycles. The molecule has 0 unspecified atom stereocenters. The Morgan fingerprint density at radius 1 is 0.938 bits per heavy atom. The first kappa shape index (κ1) is 19.4. The summed E-state index contributed by atoms with van der Waals surface area (Å²) in [6.07, 6.45) is 1.66. The fraction of sp³-hybridized carbons (Fsp3) is 0.0417. The van der Waals surface area contributed by atoms with Gasteiger partial charge in [0.05, 0.1) is 11.9 Å². The minimum Gasteiger partial charge on any atom is -0.354 e. The fourth-order valence-corrected chi connectivity index (χ4v) is 3.48. The second-order valence-corrected chi connectivity index (χ2v) is 7.13. The zero-order valence-electron chi connectivity index (χ0n) is 17.0. The zero-order chi connectivity index (χ0) is 21.8. The van der Waals surface area contributed by atoms with Crippen molar-refractivity contribution in [1.82, 2.24) is 30.6 Å². The number of fused-ring (bicyclic) bond motifs is 1. The van der Waals surface area contributed by atoms with Gasteiger partial charge in [-0.25, -0.2) is 5.43 Å². The van der Waals surface area contributed by atoms with Crippen molar-refractivity contribution in [3.05, 3.63) is 90.5 Å². The van der Waals surface area contributed by atoms with Crippen LogP contribution in [-0.4, -0.2) is 37.3 Å². The summed E-state index contributed by atoms with van der Waals surface area (Å²) in [4.78, 5) is 17.0. The highest BCUT2D eigenvalue weighted by atomic mass is 16.2. The Balaban J connectivity index is 1.32. The molecule has 8 heteroatoms. The molecule has 2 N–H and O–H groups in total. The number of nitrogens with zero attached hydrogens (tertiary/aromatic N) is 5. The Bertz CT molecular complexity index is 1390. The molecule has 8 nitrogen and oxygen atoms in total. The van der Waals surface area contributed by atoms with Gasteiger partial charge < -0.3 is 4.98 Å². The Kier molecular flexibility index (Phi) is 5.24. The van der Waals surface area contributed by atoms with E-state index in [4.69, 9.17) is 0 Å². The first-order valence-electron chi connectivity index (χ1n) is 10.1. The van der Waals surface area contributed by atoms with Gasteiger partial charge in [0, 0.05) is 22.0 Å². The number of carbonyl (C=O) groups excluding carboxylic acids is 1. The van der Waals surface area contributed by atoms with E-state index < -0.39 is 0 Å². The van der Waals surface area contributed by atoms with E-state index in [0.717, 1.165) is 33.3 Å². The molecule has 0 fully saturated rings. The van der Waals surface area contributed by atoms with Crippen LogP contribution >= 0.6 is 0 Å². The number of H-pyrrole nitrogens is 1. The monoisotopic (exact) mass is 421 g/mol. The van der Waals surface area contributed by atoms with Crippen LogP contribution in [0.2, 0.25) is 0 Å². The topological polar surface area (TPSA) is 101 Å². The van der Waals surface area contributed by atoms with E-state index in [1.54, 1.807) is 6.21 Å². The third-order valence-corrected chi connectivity index (χ3v) is 4.96. The highest BCUT2D eigenvalue weighted by Crippen LogP contribution is 2.28. The Morgan fingerprint density at radius 2 is 1.62 bits per heavy atom. The smallest absolute Gasteiger partial charge is 0.263 e. The number of amides is 1. The van der Waals surface area contributed by atoms with E-state index in [1.165, 1.54) is 4.80 Å². The van der Waals surface area contributed by atoms with Crippen LogP contribution in [0.5, 0.6) is 0 Å². The highest BCUT2D eigenvalue weighted by Gasteiger charge is 2.12. The Labute approximate surface area is 183 Å². The van der Waals surface area contributed by atoms with Crippen LogP contribution < -0.4 is 5.43 Å². The average Bonchev–Trinajstić information content (AvgIpc) is 3.45. The first-order valence-corrected chi connectivity index (χ1v) is 10.1. The summed E-state index contributed by atoms with van der Waals surface area (Å²) < 4.78 is 0. The molecule has 0 radical (unpaired) electrons. The van der Waals surface area contributed by atoms with E-state index in [0.29, 0.717) is 5.82 Å². The van der Waals surface area contributed by atoms with E-state index in [2.05, 4.69) is 30.9 Å². The minimum absolute atomic E-state index is 0.0867. The number of rotatable bonds is 6. The zero-order valence-corrected chi connectivity index (χ0v) is 17.0. The summed E-state index contributed by atoms with van der Waals surface area (Å²) in [6, 6.07) is 27.5. The predicted molar refractivity (Wildman–Crippen MR) is 123 cm³/mol. The number of aromatic nitrogens is 5. The van der Waals surface area contributed by atoms with Gasteiger partial charge in [0.25, 0.3) is 5.91 Å². The second-order valence-electron chi connectivity index (χ2n) is 7.13. The third-order valence-electron chi connectivity index (χ3n) is 4.96. The molecule has 5 aromatic rings. The number of benzene rings is 3. The number of para-hydroxylation sites is 1. The molecule has 2 heterocycles. The average molecular weight is 421 g/mol. The van der Waals surface area contributed by atoms with Gasteiger partial charge in [0.15, 0.2) is 0 Å². The maximum atomic E-state index is 12.3. The largest absolute Gasteiger partial charge is 0.354 e. The van der Waals surface area contributed by atoms with Crippen LogP contribution in [0.25, 0.3) is 33.5 Å². The van der Waals surface area contributed by atoms with Crippen molar-refractivity contribution in [2.45, 2.75) is 6.54 Å². The van der Waals surface area contributed by atoms with Crippen LogP contribution in [0.15, 0.2) is 90.0 Å². The van der Waals surface area contributed by atoms with Crippen molar-refractivity contribution in [3.8, 4) is 22.6 Å². The molecule has 0 aliphatic heterocycles. The van der Waals surface area contributed by atoms with E-state index >= 15 is 0 Å². The van der Waals surface area contributed by atoms with Gasteiger partial charge in [-0.05, 0) is 16.8 Å². The lowest BCUT2D eigenvalue weighted by Gasteiger charge is -2.01. The molecule has 0 spiro atoms. The summed E-state index contributed by atoms with van der Waals surface area (Å²) >= 11 is 0. The number of carbonyl (C=O) groups is 1. The highest BCUT2D eigenvalue weighted by molar-refractivity contribution is 6.06. The van der Waals surface area contributed by atoms with Crippen LogP contribution in [0, 0.1) is 0 Å². The van der Waals surface area contributed by atoms with Crippen molar-refractivity contribution < 1.29 is 4.79 Å². The van der Waals surface area contributed by atoms with Gasteiger partial charge in [0.2, 0.25) is 5.82 Å². The van der Waals surface area contributed by atoms with E-state index in [-0.39, 0.29) is 12.5 Å². The molecule has 0 saturated carbocycles. The number of tetrazole rings is 1. The van der Waals surface area contributed by atoms with Gasteiger partial charge in [0.1, 0.15) is 6.54 Å². The van der Waals surface area contributed by atoms with Crippen LogP contribution in [0.1, 0.15) is 5.56 Å². The van der Waals surface area contributed by atoms with Crippen molar-refractivity contribution >= 4 is 23.0 Å². The van der Waals surface area contributed by atoms with Gasteiger partial charge in [-0.3, -0.25) is 4.79 Å². The molecular weight excluding hydrogens is 402 g/mol. The van der Waals surface area contributed by atoms with Crippen LogP contribution in [0.3, 0.4) is 0 Å². The molecular formula is C24H19N7O. The number of nitrogens with one attached hydrogen (secondary N) is 2. The lowest BCUT2D eigenvalue weighted by molar-refractivity contribution is -0.122. The molecule has 32 heavy (non-hydrogen) atoms. The van der Waals surface area contributed by atoms with Gasteiger partial charge in [-0.2, -0.15) is 9.90 Å². The quantitative estimate of drug-likeness (QED) is 0.323.